The number of carbonyl (C=O) groups is 1. The van der Waals surface area contributed by atoms with Crippen molar-refractivity contribution >= 4 is 27.3 Å². The molecule has 22 heavy (non-hydrogen) atoms. The highest BCUT2D eigenvalue weighted by molar-refractivity contribution is 7.89. The Balaban J connectivity index is 2.36. The van der Waals surface area contributed by atoms with E-state index in [4.69, 9.17) is 0 Å². The Morgan fingerprint density at radius 2 is 2.00 bits per heavy atom. The summed E-state index contributed by atoms with van der Waals surface area (Å²) in [6, 6.07) is 9.35. The lowest BCUT2D eigenvalue weighted by atomic mass is 10.2. The van der Waals surface area contributed by atoms with Crippen LogP contribution in [0.2, 0.25) is 0 Å². The summed E-state index contributed by atoms with van der Waals surface area (Å²) < 4.78 is 31.3. The molecule has 2 rings (SSSR count). The van der Waals surface area contributed by atoms with Gasteiger partial charge in [0.05, 0.1) is 23.6 Å². The molecule has 0 aliphatic rings. The van der Waals surface area contributed by atoms with Crippen LogP contribution in [-0.4, -0.2) is 32.8 Å². The standard InChI is InChI=1S/C15H17NO4S2/c1-11(14-8-5-9-21-14)16(2)22(18,19)13-7-4-6-12(10-13)15(17)20-3/h4-11H,1-3H3/t11-/m1/s1. The quantitative estimate of drug-likeness (QED) is 0.786. The molecule has 0 N–H and O–H groups in total. The van der Waals surface area contributed by atoms with Gasteiger partial charge < -0.3 is 4.74 Å². The Morgan fingerprint density at radius 1 is 1.27 bits per heavy atom. The van der Waals surface area contributed by atoms with Crippen LogP contribution in [0, 0.1) is 0 Å². The molecule has 118 valence electrons. The summed E-state index contributed by atoms with van der Waals surface area (Å²) in [4.78, 5) is 12.6. The van der Waals surface area contributed by atoms with Crippen LogP contribution in [0.5, 0.6) is 0 Å². The molecular formula is C15H17NO4S2. The third kappa shape index (κ3) is 3.21. The van der Waals surface area contributed by atoms with Crippen molar-refractivity contribution in [1.82, 2.24) is 4.31 Å². The Morgan fingerprint density at radius 3 is 2.59 bits per heavy atom. The summed E-state index contributed by atoms with van der Waals surface area (Å²) >= 11 is 1.50. The molecule has 1 aromatic heterocycles. The summed E-state index contributed by atoms with van der Waals surface area (Å²) in [5.41, 5.74) is 0.209. The predicted molar refractivity (Wildman–Crippen MR) is 85.5 cm³/mol. The molecule has 0 aliphatic carbocycles. The summed E-state index contributed by atoms with van der Waals surface area (Å²) in [5.74, 6) is -0.564. The SMILES string of the molecule is COC(=O)c1cccc(S(=O)(=O)N(C)[C@H](C)c2cccs2)c1. The van der Waals surface area contributed by atoms with Gasteiger partial charge >= 0.3 is 5.97 Å². The molecule has 0 aliphatic heterocycles. The first-order valence-corrected chi connectivity index (χ1v) is 8.89. The first-order valence-electron chi connectivity index (χ1n) is 6.57. The molecule has 0 saturated heterocycles. The molecule has 1 aromatic carbocycles. The lowest BCUT2D eigenvalue weighted by Gasteiger charge is -2.23. The zero-order chi connectivity index (χ0) is 16.3. The van der Waals surface area contributed by atoms with Gasteiger partial charge in [-0.05, 0) is 36.6 Å². The fourth-order valence-electron chi connectivity index (χ4n) is 1.98. The third-order valence-electron chi connectivity index (χ3n) is 3.43. The summed E-state index contributed by atoms with van der Waals surface area (Å²) in [6.45, 7) is 1.83. The normalized spacial score (nSPS) is 13.1. The van der Waals surface area contributed by atoms with Gasteiger partial charge in [0, 0.05) is 11.9 Å². The van der Waals surface area contributed by atoms with Crippen molar-refractivity contribution in [3.05, 3.63) is 52.2 Å². The zero-order valence-electron chi connectivity index (χ0n) is 12.5. The second kappa shape index (κ2) is 6.60. The Kier molecular flexibility index (Phi) is 5.00. The van der Waals surface area contributed by atoms with Crippen LogP contribution in [0.3, 0.4) is 0 Å². The fraction of sp³-hybridized carbons (Fsp3) is 0.267. The zero-order valence-corrected chi connectivity index (χ0v) is 14.1. The van der Waals surface area contributed by atoms with Crippen LogP contribution in [0.25, 0.3) is 0 Å². The van der Waals surface area contributed by atoms with E-state index in [0.29, 0.717) is 0 Å². The van der Waals surface area contributed by atoms with Crippen molar-refractivity contribution in [2.45, 2.75) is 17.9 Å². The predicted octanol–water partition coefficient (Wildman–Crippen LogP) is 2.92. The number of esters is 1. The number of hydrogen-bond donors (Lipinski definition) is 0. The number of rotatable bonds is 5. The maximum atomic E-state index is 12.7. The van der Waals surface area contributed by atoms with E-state index < -0.39 is 16.0 Å². The minimum atomic E-state index is -3.70. The molecule has 0 radical (unpaired) electrons. The minimum absolute atomic E-state index is 0.0707. The maximum Gasteiger partial charge on any atom is 0.337 e. The van der Waals surface area contributed by atoms with Gasteiger partial charge in [0.2, 0.25) is 10.0 Å². The molecule has 0 unspecified atom stereocenters. The van der Waals surface area contributed by atoms with Crippen LogP contribution in [0.4, 0.5) is 0 Å². The van der Waals surface area contributed by atoms with Crippen LogP contribution in [-0.2, 0) is 14.8 Å². The van der Waals surface area contributed by atoms with Crippen molar-refractivity contribution in [3.63, 3.8) is 0 Å². The molecular weight excluding hydrogens is 322 g/mol. The largest absolute Gasteiger partial charge is 0.465 e. The lowest BCUT2D eigenvalue weighted by molar-refractivity contribution is 0.0600. The van der Waals surface area contributed by atoms with Gasteiger partial charge in [-0.1, -0.05) is 12.1 Å². The average molecular weight is 339 g/mol. The van der Waals surface area contributed by atoms with Crippen molar-refractivity contribution < 1.29 is 17.9 Å². The molecule has 7 heteroatoms. The van der Waals surface area contributed by atoms with Gasteiger partial charge in [0.1, 0.15) is 0 Å². The van der Waals surface area contributed by atoms with Crippen molar-refractivity contribution in [2.24, 2.45) is 0 Å². The van der Waals surface area contributed by atoms with Crippen molar-refractivity contribution in [1.29, 1.82) is 0 Å². The van der Waals surface area contributed by atoms with Crippen LogP contribution >= 0.6 is 11.3 Å². The molecule has 1 heterocycles. The highest BCUT2D eigenvalue weighted by atomic mass is 32.2. The molecule has 2 aromatic rings. The first-order chi connectivity index (χ1) is 10.4. The fourth-order valence-corrected chi connectivity index (χ4v) is 4.27. The molecule has 0 bridgehead atoms. The number of sulfonamides is 1. The van der Waals surface area contributed by atoms with Gasteiger partial charge in [-0.25, -0.2) is 13.2 Å². The van der Waals surface area contributed by atoms with Gasteiger partial charge in [0.15, 0.2) is 0 Å². The van der Waals surface area contributed by atoms with E-state index in [9.17, 15) is 13.2 Å². The van der Waals surface area contributed by atoms with E-state index in [2.05, 4.69) is 4.74 Å². The summed E-state index contributed by atoms with van der Waals surface area (Å²) in [7, 11) is -0.906. The van der Waals surface area contributed by atoms with E-state index in [-0.39, 0.29) is 16.5 Å². The van der Waals surface area contributed by atoms with Crippen LogP contribution < -0.4 is 0 Å². The van der Waals surface area contributed by atoms with Gasteiger partial charge in [-0.3, -0.25) is 0 Å². The maximum absolute atomic E-state index is 12.7. The molecule has 1 atom stereocenters. The number of hydrogen-bond acceptors (Lipinski definition) is 5. The van der Waals surface area contributed by atoms with Crippen molar-refractivity contribution in [3.8, 4) is 0 Å². The Hall–Kier alpha value is -1.70. The third-order valence-corrected chi connectivity index (χ3v) is 6.40. The molecule has 5 nitrogen and oxygen atoms in total. The van der Waals surface area contributed by atoms with E-state index >= 15 is 0 Å². The monoisotopic (exact) mass is 339 g/mol. The first kappa shape index (κ1) is 16.7. The van der Waals surface area contributed by atoms with E-state index in [1.807, 2.05) is 24.4 Å². The average Bonchev–Trinajstić information content (AvgIpc) is 3.07. The minimum Gasteiger partial charge on any atom is -0.465 e. The number of methoxy groups -OCH3 is 1. The van der Waals surface area contributed by atoms with E-state index in [1.54, 1.807) is 0 Å². The van der Waals surface area contributed by atoms with E-state index in [1.165, 1.54) is 54.1 Å². The number of ether oxygens (including phenoxy) is 1. The summed E-state index contributed by atoms with van der Waals surface area (Å²) in [6.07, 6.45) is 0. The Labute approximate surface area is 134 Å². The van der Waals surface area contributed by atoms with Gasteiger partial charge in [-0.2, -0.15) is 4.31 Å². The smallest absolute Gasteiger partial charge is 0.337 e. The number of thiophene rings is 1. The molecule has 0 fully saturated rings. The highest BCUT2D eigenvalue weighted by Crippen LogP contribution is 2.28. The van der Waals surface area contributed by atoms with Crippen LogP contribution in [0.1, 0.15) is 28.2 Å². The number of carbonyl (C=O) groups excluding carboxylic acids is 1. The van der Waals surface area contributed by atoms with Crippen molar-refractivity contribution in [2.75, 3.05) is 14.2 Å². The topological polar surface area (TPSA) is 63.7 Å². The second-order valence-electron chi connectivity index (χ2n) is 4.73. The molecule has 0 saturated carbocycles. The van der Waals surface area contributed by atoms with Crippen LogP contribution in [0.15, 0.2) is 46.7 Å². The lowest BCUT2D eigenvalue weighted by Crippen LogP contribution is -2.29. The summed E-state index contributed by atoms with van der Waals surface area (Å²) in [5, 5.41) is 1.91. The van der Waals surface area contributed by atoms with Gasteiger partial charge in [0.25, 0.3) is 0 Å². The molecule has 0 amide bonds. The van der Waals surface area contributed by atoms with E-state index in [0.717, 1.165) is 4.88 Å². The Bertz CT molecular complexity index is 754. The van der Waals surface area contributed by atoms with Gasteiger partial charge in [-0.15, -0.1) is 11.3 Å². The number of benzene rings is 1. The number of nitrogens with zero attached hydrogens (tertiary/aromatic N) is 1. The second-order valence-corrected chi connectivity index (χ2v) is 7.71. The highest BCUT2D eigenvalue weighted by Gasteiger charge is 2.27. The molecule has 0 spiro atoms.